The van der Waals surface area contributed by atoms with Gasteiger partial charge in [-0.25, -0.2) is 9.78 Å². The molecule has 1 heterocycles. The van der Waals surface area contributed by atoms with Gasteiger partial charge in [0.2, 0.25) is 0 Å². The third-order valence-corrected chi connectivity index (χ3v) is 2.31. The molecular formula is C11H18N6O2. The van der Waals surface area contributed by atoms with E-state index in [0.29, 0.717) is 18.8 Å². The topological polar surface area (TPSA) is 126 Å². The van der Waals surface area contributed by atoms with Crippen LogP contribution in [0.5, 0.6) is 0 Å². The molecule has 0 unspecified atom stereocenters. The Morgan fingerprint density at radius 2 is 2.05 bits per heavy atom. The molecule has 0 bridgehead atoms. The third kappa shape index (κ3) is 4.34. The summed E-state index contributed by atoms with van der Waals surface area (Å²) in [6, 6.07) is 1.22. The van der Waals surface area contributed by atoms with E-state index in [0.717, 1.165) is 0 Å². The first-order chi connectivity index (χ1) is 8.91. The fourth-order valence-corrected chi connectivity index (χ4v) is 1.34. The molecule has 0 spiro atoms. The number of amides is 3. The third-order valence-electron chi connectivity index (χ3n) is 2.31. The molecule has 0 radical (unpaired) electrons. The van der Waals surface area contributed by atoms with Gasteiger partial charge in [0.15, 0.2) is 0 Å². The smallest absolute Gasteiger partial charge is 0.316 e. The van der Waals surface area contributed by atoms with E-state index in [-0.39, 0.29) is 17.4 Å². The number of carbonyl (C=O) groups excluding carboxylic acids is 2. The number of nitrogens with zero attached hydrogens (tertiary/aromatic N) is 2. The minimum Gasteiger partial charge on any atom is -0.384 e. The molecule has 0 aromatic carbocycles. The van der Waals surface area contributed by atoms with E-state index in [1.165, 1.54) is 17.2 Å². The van der Waals surface area contributed by atoms with Crippen LogP contribution in [-0.2, 0) is 0 Å². The Morgan fingerprint density at radius 3 is 2.63 bits per heavy atom. The van der Waals surface area contributed by atoms with E-state index >= 15 is 0 Å². The van der Waals surface area contributed by atoms with Crippen LogP contribution < -0.4 is 22.1 Å². The average Bonchev–Trinajstić information content (AvgIpc) is 2.35. The molecule has 104 valence electrons. The Hall–Kier alpha value is -2.51. The van der Waals surface area contributed by atoms with Crippen LogP contribution in [0.2, 0.25) is 0 Å². The molecule has 6 N–H and O–H groups in total. The van der Waals surface area contributed by atoms with E-state index in [4.69, 9.17) is 11.5 Å². The van der Waals surface area contributed by atoms with E-state index in [1.807, 2.05) is 0 Å². The quantitative estimate of drug-likeness (QED) is 0.532. The van der Waals surface area contributed by atoms with Crippen molar-refractivity contribution in [3.05, 3.63) is 17.8 Å². The van der Waals surface area contributed by atoms with E-state index in [1.54, 1.807) is 14.1 Å². The number of nitrogen functional groups attached to an aromatic ring is 1. The van der Waals surface area contributed by atoms with Gasteiger partial charge in [-0.2, -0.15) is 0 Å². The Kier molecular flexibility index (Phi) is 4.92. The number of nitrogens with two attached hydrogens (primary N) is 2. The maximum absolute atomic E-state index is 11.3. The number of pyridine rings is 1. The monoisotopic (exact) mass is 266 g/mol. The molecule has 1 aromatic heterocycles. The molecule has 0 aliphatic rings. The highest BCUT2D eigenvalue weighted by atomic mass is 16.2. The summed E-state index contributed by atoms with van der Waals surface area (Å²) < 4.78 is 0. The Balaban J connectivity index is 2.54. The van der Waals surface area contributed by atoms with Gasteiger partial charge >= 0.3 is 6.03 Å². The maximum atomic E-state index is 11.3. The standard InChI is InChI=1S/C11H18N6O2/c1-17(2)11(19)15-4-3-14-8-6-16-9(12)5-7(8)10(13)18/h5-6,14H,3-4H2,1-2H3,(H2,12,16)(H2,13,18)(H,15,19). The highest BCUT2D eigenvalue weighted by Gasteiger charge is 2.09. The van der Waals surface area contributed by atoms with E-state index in [2.05, 4.69) is 15.6 Å². The second kappa shape index (κ2) is 6.43. The molecule has 0 saturated carbocycles. The SMILES string of the molecule is CN(C)C(=O)NCCNc1cnc(N)cc1C(N)=O. The van der Waals surface area contributed by atoms with Crippen molar-refractivity contribution in [2.24, 2.45) is 5.73 Å². The van der Waals surface area contributed by atoms with Gasteiger partial charge in [0.1, 0.15) is 5.82 Å². The summed E-state index contributed by atoms with van der Waals surface area (Å²) in [5.74, 6) is -0.366. The number of hydrogen-bond donors (Lipinski definition) is 4. The van der Waals surface area contributed by atoms with Crippen LogP contribution in [0, 0.1) is 0 Å². The lowest BCUT2D eigenvalue weighted by Crippen LogP contribution is -2.37. The lowest BCUT2D eigenvalue weighted by molar-refractivity contribution is 0.100. The summed E-state index contributed by atoms with van der Waals surface area (Å²) >= 11 is 0. The summed E-state index contributed by atoms with van der Waals surface area (Å²) in [7, 11) is 3.30. The Bertz CT molecular complexity index is 474. The first-order valence-electron chi connectivity index (χ1n) is 5.66. The second-order valence-corrected chi connectivity index (χ2v) is 4.07. The zero-order chi connectivity index (χ0) is 14.4. The Labute approximate surface area is 111 Å². The van der Waals surface area contributed by atoms with Crippen molar-refractivity contribution in [3.8, 4) is 0 Å². The highest BCUT2D eigenvalue weighted by Crippen LogP contribution is 2.15. The number of carbonyl (C=O) groups is 2. The van der Waals surface area contributed by atoms with E-state index < -0.39 is 5.91 Å². The van der Waals surface area contributed by atoms with Gasteiger partial charge in [0, 0.05) is 27.2 Å². The second-order valence-electron chi connectivity index (χ2n) is 4.07. The summed E-state index contributed by atoms with van der Waals surface area (Å²) in [5.41, 5.74) is 11.5. The van der Waals surface area contributed by atoms with Gasteiger partial charge in [0.05, 0.1) is 17.4 Å². The van der Waals surface area contributed by atoms with Gasteiger partial charge in [-0.05, 0) is 6.07 Å². The number of anilines is 2. The summed E-state index contributed by atoms with van der Waals surface area (Å²) in [5, 5.41) is 5.64. The van der Waals surface area contributed by atoms with Crippen molar-refractivity contribution < 1.29 is 9.59 Å². The van der Waals surface area contributed by atoms with Crippen LogP contribution >= 0.6 is 0 Å². The van der Waals surface area contributed by atoms with Crippen LogP contribution in [0.4, 0.5) is 16.3 Å². The van der Waals surface area contributed by atoms with Crippen LogP contribution in [0.1, 0.15) is 10.4 Å². The number of hydrogen-bond acceptors (Lipinski definition) is 5. The number of urea groups is 1. The first kappa shape index (κ1) is 14.6. The summed E-state index contributed by atoms with van der Waals surface area (Å²) in [4.78, 5) is 27.8. The van der Waals surface area contributed by atoms with Crippen molar-refractivity contribution in [1.29, 1.82) is 0 Å². The Morgan fingerprint density at radius 1 is 1.37 bits per heavy atom. The van der Waals surface area contributed by atoms with Crippen molar-refractivity contribution in [1.82, 2.24) is 15.2 Å². The van der Waals surface area contributed by atoms with Gasteiger partial charge in [-0.15, -0.1) is 0 Å². The molecular weight excluding hydrogens is 248 g/mol. The fraction of sp³-hybridized carbons (Fsp3) is 0.364. The van der Waals surface area contributed by atoms with Crippen LogP contribution in [-0.4, -0.2) is 49.0 Å². The molecule has 0 saturated heterocycles. The van der Waals surface area contributed by atoms with Crippen molar-refractivity contribution in [3.63, 3.8) is 0 Å². The number of primary amides is 1. The van der Waals surface area contributed by atoms with Gasteiger partial charge in [-0.3, -0.25) is 4.79 Å². The molecule has 0 fully saturated rings. The number of nitrogens with one attached hydrogen (secondary N) is 2. The number of rotatable bonds is 5. The largest absolute Gasteiger partial charge is 0.384 e. The zero-order valence-corrected chi connectivity index (χ0v) is 10.9. The van der Waals surface area contributed by atoms with Crippen molar-refractivity contribution in [2.75, 3.05) is 38.2 Å². The van der Waals surface area contributed by atoms with Crippen LogP contribution in [0.25, 0.3) is 0 Å². The van der Waals surface area contributed by atoms with Gasteiger partial charge < -0.3 is 27.0 Å². The van der Waals surface area contributed by atoms with Gasteiger partial charge in [-0.1, -0.05) is 0 Å². The van der Waals surface area contributed by atoms with Crippen molar-refractivity contribution in [2.45, 2.75) is 0 Å². The zero-order valence-electron chi connectivity index (χ0n) is 10.9. The summed E-state index contributed by atoms with van der Waals surface area (Å²) in [6.45, 7) is 0.838. The molecule has 3 amide bonds. The van der Waals surface area contributed by atoms with Crippen LogP contribution in [0.15, 0.2) is 12.3 Å². The van der Waals surface area contributed by atoms with Gasteiger partial charge in [0.25, 0.3) is 5.91 Å². The molecule has 8 heteroatoms. The van der Waals surface area contributed by atoms with E-state index in [9.17, 15) is 9.59 Å². The lowest BCUT2D eigenvalue weighted by Gasteiger charge is -2.13. The molecule has 1 rings (SSSR count). The molecule has 0 aliphatic carbocycles. The predicted octanol–water partition coefficient (Wildman–Crippen LogP) is -0.554. The van der Waals surface area contributed by atoms with Crippen molar-refractivity contribution >= 4 is 23.4 Å². The normalized spacial score (nSPS) is 9.79. The fourth-order valence-electron chi connectivity index (χ4n) is 1.34. The average molecular weight is 266 g/mol. The lowest BCUT2D eigenvalue weighted by atomic mass is 10.2. The first-order valence-corrected chi connectivity index (χ1v) is 5.66. The molecule has 1 aromatic rings. The highest BCUT2D eigenvalue weighted by molar-refractivity contribution is 5.98. The number of aromatic nitrogens is 1. The predicted molar refractivity (Wildman–Crippen MR) is 72.7 cm³/mol. The minimum atomic E-state index is -0.589. The molecule has 0 aliphatic heterocycles. The van der Waals surface area contributed by atoms with Crippen LogP contribution in [0.3, 0.4) is 0 Å². The molecule has 19 heavy (non-hydrogen) atoms. The molecule has 8 nitrogen and oxygen atoms in total. The maximum Gasteiger partial charge on any atom is 0.316 e. The molecule has 0 atom stereocenters. The summed E-state index contributed by atoms with van der Waals surface area (Å²) in [6.07, 6.45) is 1.43. The minimum absolute atomic E-state index is 0.188.